The molecule has 86 valence electrons. The summed E-state index contributed by atoms with van der Waals surface area (Å²) in [6.07, 6.45) is 0. The smallest absolute Gasteiger partial charge is 0.324 e. The van der Waals surface area contributed by atoms with E-state index in [1.54, 1.807) is 19.1 Å². The normalized spacial score (nSPS) is 17.9. The second-order valence-electron chi connectivity index (χ2n) is 3.81. The lowest BCUT2D eigenvalue weighted by Gasteiger charge is -2.36. The average Bonchev–Trinajstić information content (AvgIpc) is 2.16. The molecule has 5 heteroatoms. The van der Waals surface area contributed by atoms with Gasteiger partial charge in [-0.1, -0.05) is 0 Å². The van der Waals surface area contributed by atoms with Gasteiger partial charge in [0.1, 0.15) is 5.82 Å². The molecule has 1 aliphatic heterocycles. The van der Waals surface area contributed by atoms with Gasteiger partial charge < -0.3 is 9.84 Å². The largest absolute Gasteiger partial charge is 0.480 e. The van der Waals surface area contributed by atoms with Crippen LogP contribution in [0.3, 0.4) is 0 Å². The van der Waals surface area contributed by atoms with Crippen LogP contribution in [0.4, 0.5) is 4.39 Å². The number of carbonyl (C=O) groups is 1. The van der Waals surface area contributed by atoms with Crippen LogP contribution >= 0.6 is 11.8 Å². The molecule has 1 aromatic carbocycles. The van der Waals surface area contributed by atoms with E-state index in [1.165, 1.54) is 17.8 Å². The van der Waals surface area contributed by atoms with Gasteiger partial charge in [-0.3, -0.25) is 4.79 Å². The number of aliphatic carboxylic acids is 1. The SMILES string of the molecule is Cc1cc(SC2(C(=O)O)COC2)ccc1F. The number of carboxylic acid groups (broad SMARTS) is 1. The summed E-state index contributed by atoms with van der Waals surface area (Å²) in [6.45, 7) is 2.05. The van der Waals surface area contributed by atoms with Gasteiger partial charge in [-0.25, -0.2) is 4.39 Å². The summed E-state index contributed by atoms with van der Waals surface area (Å²) in [5.74, 6) is -1.16. The van der Waals surface area contributed by atoms with Crippen LogP contribution in [0.25, 0.3) is 0 Å². The number of ether oxygens (including phenoxy) is 1. The van der Waals surface area contributed by atoms with Crippen LogP contribution in [0, 0.1) is 12.7 Å². The molecule has 0 aromatic heterocycles. The summed E-state index contributed by atoms with van der Waals surface area (Å²) >= 11 is 1.22. The van der Waals surface area contributed by atoms with Gasteiger partial charge in [0.05, 0.1) is 13.2 Å². The number of aryl methyl sites for hydroxylation is 1. The summed E-state index contributed by atoms with van der Waals surface area (Å²) in [4.78, 5) is 11.8. The molecule has 16 heavy (non-hydrogen) atoms. The first-order valence-electron chi connectivity index (χ1n) is 4.80. The number of benzene rings is 1. The van der Waals surface area contributed by atoms with Crippen molar-refractivity contribution >= 4 is 17.7 Å². The topological polar surface area (TPSA) is 46.5 Å². The predicted molar refractivity (Wildman–Crippen MR) is 58.2 cm³/mol. The van der Waals surface area contributed by atoms with Crippen LogP contribution in [0.5, 0.6) is 0 Å². The fraction of sp³-hybridized carbons (Fsp3) is 0.364. The first-order chi connectivity index (χ1) is 7.53. The first-order valence-corrected chi connectivity index (χ1v) is 5.61. The van der Waals surface area contributed by atoms with Gasteiger partial charge in [-0.2, -0.15) is 0 Å². The van der Waals surface area contributed by atoms with Gasteiger partial charge in [0, 0.05) is 4.90 Å². The van der Waals surface area contributed by atoms with Crippen molar-refractivity contribution in [3.8, 4) is 0 Å². The highest BCUT2D eigenvalue weighted by Crippen LogP contribution is 2.39. The van der Waals surface area contributed by atoms with Crippen molar-refractivity contribution in [2.24, 2.45) is 0 Å². The molecular formula is C11H11FO3S. The van der Waals surface area contributed by atoms with Crippen LogP contribution < -0.4 is 0 Å². The molecule has 0 spiro atoms. The Kier molecular flexibility index (Phi) is 2.90. The van der Waals surface area contributed by atoms with E-state index in [0.717, 1.165) is 4.90 Å². The third kappa shape index (κ3) is 1.92. The van der Waals surface area contributed by atoms with Crippen molar-refractivity contribution in [1.82, 2.24) is 0 Å². The number of thioether (sulfide) groups is 1. The molecule has 0 radical (unpaired) electrons. The second kappa shape index (κ2) is 4.07. The van der Waals surface area contributed by atoms with E-state index < -0.39 is 10.7 Å². The number of carboxylic acids is 1. The lowest BCUT2D eigenvalue weighted by Crippen LogP contribution is -2.53. The molecule has 0 aliphatic carbocycles. The molecule has 0 unspecified atom stereocenters. The lowest BCUT2D eigenvalue weighted by molar-refractivity contribution is -0.151. The molecule has 1 aliphatic rings. The maximum Gasteiger partial charge on any atom is 0.324 e. The maximum atomic E-state index is 13.0. The van der Waals surface area contributed by atoms with Crippen molar-refractivity contribution in [3.05, 3.63) is 29.6 Å². The van der Waals surface area contributed by atoms with E-state index in [4.69, 9.17) is 9.84 Å². The first kappa shape index (κ1) is 11.4. The predicted octanol–water partition coefficient (Wildman–Crippen LogP) is 2.08. The second-order valence-corrected chi connectivity index (χ2v) is 5.26. The fourth-order valence-electron chi connectivity index (χ4n) is 1.42. The van der Waals surface area contributed by atoms with Crippen LogP contribution in [-0.2, 0) is 9.53 Å². The van der Waals surface area contributed by atoms with E-state index >= 15 is 0 Å². The molecule has 1 N–H and O–H groups in total. The van der Waals surface area contributed by atoms with E-state index in [0.29, 0.717) is 5.56 Å². The summed E-state index contributed by atoms with van der Waals surface area (Å²) in [5, 5.41) is 9.09. The van der Waals surface area contributed by atoms with E-state index in [1.807, 2.05) is 0 Å². The van der Waals surface area contributed by atoms with Crippen LogP contribution in [-0.4, -0.2) is 29.0 Å². The molecular weight excluding hydrogens is 231 g/mol. The van der Waals surface area contributed by atoms with Crippen molar-refractivity contribution in [2.75, 3.05) is 13.2 Å². The highest BCUT2D eigenvalue weighted by atomic mass is 32.2. The molecule has 0 atom stereocenters. The molecule has 0 bridgehead atoms. The van der Waals surface area contributed by atoms with Gasteiger partial charge in [0.25, 0.3) is 0 Å². The zero-order valence-corrected chi connectivity index (χ0v) is 9.51. The van der Waals surface area contributed by atoms with Crippen LogP contribution in [0.1, 0.15) is 5.56 Å². The Bertz CT molecular complexity index is 429. The zero-order chi connectivity index (χ0) is 11.8. The molecule has 0 saturated carbocycles. The quantitative estimate of drug-likeness (QED) is 0.881. The number of rotatable bonds is 3. The van der Waals surface area contributed by atoms with E-state index in [2.05, 4.69) is 0 Å². The van der Waals surface area contributed by atoms with Gasteiger partial charge in [-0.05, 0) is 30.7 Å². The van der Waals surface area contributed by atoms with Gasteiger partial charge >= 0.3 is 5.97 Å². The van der Waals surface area contributed by atoms with Crippen molar-refractivity contribution < 1.29 is 19.0 Å². The summed E-state index contributed by atoms with van der Waals surface area (Å²) < 4.78 is 17.1. The highest BCUT2D eigenvalue weighted by molar-refractivity contribution is 8.01. The monoisotopic (exact) mass is 242 g/mol. The summed E-state index contributed by atoms with van der Waals surface area (Å²) in [7, 11) is 0. The molecule has 1 heterocycles. The average molecular weight is 242 g/mol. The Labute approximate surface area is 96.6 Å². The molecule has 3 nitrogen and oxygen atoms in total. The third-order valence-electron chi connectivity index (χ3n) is 2.50. The van der Waals surface area contributed by atoms with E-state index in [-0.39, 0.29) is 19.0 Å². The Morgan fingerprint density at radius 3 is 2.69 bits per heavy atom. The third-order valence-corrected chi connectivity index (χ3v) is 3.79. The Hall–Kier alpha value is -1.07. The van der Waals surface area contributed by atoms with Crippen molar-refractivity contribution in [2.45, 2.75) is 16.6 Å². The van der Waals surface area contributed by atoms with Crippen molar-refractivity contribution in [3.63, 3.8) is 0 Å². The van der Waals surface area contributed by atoms with E-state index in [9.17, 15) is 9.18 Å². The molecule has 1 saturated heterocycles. The summed E-state index contributed by atoms with van der Waals surface area (Å²) in [5.41, 5.74) is 0.519. The molecule has 1 fully saturated rings. The van der Waals surface area contributed by atoms with Gasteiger partial charge in [0.15, 0.2) is 4.75 Å². The maximum absolute atomic E-state index is 13.0. The van der Waals surface area contributed by atoms with Gasteiger partial charge in [0.2, 0.25) is 0 Å². The lowest BCUT2D eigenvalue weighted by atomic mass is 10.1. The summed E-state index contributed by atoms with van der Waals surface area (Å²) in [6, 6.07) is 4.60. The minimum absolute atomic E-state index is 0.198. The standard InChI is InChI=1S/C11H11FO3S/c1-7-4-8(2-3-9(7)12)16-11(10(13)14)5-15-6-11/h2-4H,5-6H2,1H3,(H,13,14). The van der Waals surface area contributed by atoms with Crippen LogP contribution in [0.2, 0.25) is 0 Å². The van der Waals surface area contributed by atoms with Crippen molar-refractivity contribution in [1.29, 1.82) is 0 Å². The minimum atomic E-state index is -0.899. The zero-order valence-electron chi connectivity index (χ0n) is 8.70. The Balaban J connectivity index is 2.20. The molecule has 1 aromatic rings. The van der Waals surface area contributed by atoms with Gasteiger partial charge in [-0.15, -0.1) is 11.8 Å². The minimum Gasteiger partial charge on any atom is -0.480 e. The number of halogens is 1. The van der Waals surface area contributed by atoms with Crippen LogP contribution in [0.15, 0.2) is 23.1 Å². The Morgan fingerprint density at radius 1 is 1.56 bits per heavy atom. The fourth-order valence-corrected chi connectivity index (χ4v) is 2.61. The Morgan fingerprint density at radius 2 is 2.25 bits per heavy atom. The number of hydrogen-bond donors (Lipinski definition) is 1. The molecule has 0 amide bonds. The highest BCUT2D eigenvalue weighted by Gasteiger charge is 2.47. The number of hydrogen-bond acceptors (Lipinski definition) is 3. The molecule has 2 rings (SSSR count).